The standard InChI is InChI=1S/C13H14BrN3O2S/c1-3-17-12(9-5-4-8(2)6-10(9)14)15-16-13(17)20-7-11(18)19/h4-6H,3,7H2,1-2H3,(H,18,19). The monoisotopic (exact) mass is 355 g/mol. The van der Waals surface area contributed by atoms with E-state index >= 15 is 0 Å². The van der Waals surface area contributed by atoms with Gasteiger partial charge in [-0.1, -0.05) is 33.8 Å². The quantitative estimate of drug-likeness (QED) is 0.834. The van der Waals surface area contributed by atoms with Crippen molar-refractivity contribution in [3.63, 3.8) is 0 Å². The van der Waals surface area contributed by atoms with E-state index in [4.69, 9.17) is 5.11 Å². The maximum atomic E-state index is 10.7. The first-order valence-electron chi connectivity index (χ1n) is 6.07. The van der Waals surface area contributed by atoms with Gasteiger partial charge in [0.15, 0.2) is 11.0 Å². The molecule has 0 aliphatic carbocycles. The summed E-state index contributed by atoms with van der Waals surface area (Å²) in [5, 5.41) is 17.7. The summed E-state index contributed by atoms with van der Waals surface area (Å²) in [4.78, 5) is 10.7. The number of carboxylic acids is 1. The maximum Gasteiger partial charge on any atom is 0.313 e. The number of benzene rings is 1. The van der Waals surface area contributed by atoms with Gasteiger partial charge in [-0.15, -0.1) is 10.2 Å². The average molecular weight is 356 g/mol. The molecule has 0 bridgehead atoms. The van der Waals surface area contributed by atoms with Crippen LogP contribution in [0.1, 0.15) is 12.5 Å². The van der Waals surface area contributed by atoms with Gasteiger partial charge in [0.1, 0.15) is 0 Å². The zero-order chi connectivity index (χ0) is 14.7. The molecule has 20 heavy (non-hydrogen) atoms. The number of halogens is 1. The Morgan fingerprint density at radius 1 is 1.45 bits per heavy atom. The summed E-state index contributed by atoms with van der Waals surface area (Å²) in [6, 6.07) is 6.02. The maximum absolute atomic E-state index is 10.7. The first kappa shape index (κ1) is 15.1. The second kappa shape index (κ2) is 6.41. The molecule has 106 valence electrons. The fourth-order valence-electron chi connectivity index (χ4n) is 1.81. The third-order valence-electron chi connectivity index (χ3n) is 2.72. The molecule has 1 aromatic heterocycles. The van der Waals surface area contributed by atoms with E-state index in [1.807, 2.05) is 36.6 Å². The Labute approximate surface area is 129 Å². The number of carbonyl (C=O) groups is 1. The van der Waals surface area contributed by atoms with Crippen LogP contribution in [-0.4, -0.2) is 31.6 Å². The molecule has 2 rings (SSSR count). The first-order valence-corrected chi connectivity index (χ1v) is 7.85. The fourth-order valence-corrected chi connectivity index (χ4v) is 3.20. The minimum absolute atomic E-state index is 0.0206. The summed E-state index contributed by atoms with van der Waals surface area (Å²) >= 11 is 4.72. The van der Waals surface area contributed by atoms with Gasteiger partial charge in [-0.2, -0.15) is 0 Å². The molecule has 1 N–H and O–H groups in total. The Morgan fingerprint density at radius 2 is 2.20 bits per heavy atom. The van der Waals surface area contributed by atoms with Crippen LogP contribution in [-0.2, 0) is 11.3 Å². The molecule has 1 heterocycles. The van der Waals surface area contributed by atoms with Crippen molar-refractivity contribution >= 4 is 33.7 Å². The lowest BCUT2D eigenvalue weighted by Crippen LogP contribution is -2.03. The SMILES string of the molecule is CCn1c(SCC(=O)O)nnc1-c1ccc(C)cc1Br. The average Bonchev–Trinajstić information content (AvgIpc) is 2.79. The second-order valence-electron chi connectivity index (χ2n) is 4.22. The Kier molecular flexibility index (Phi) is 4.82. The van der Waals surface area contributed by atoms with Crippen molar-refractivity contribution in [2.75, 3.05) is 5.75 Å². The van der Waals surface area contributed by atoms with Crippen molar-refractivity contribution in [1.82, 2.24) is 14.8 Å². The predicted molar refractivity (Wildman–Crippen MR) is 81.9 cm³/mol. The number of thioether (sulfide) groups is 1. The number of aliphatic carboxylic acids is 1. The number of aryl methyl sites for hydroxylation is 1. The summed E-state index contributed by atoms with van der Waals surface area (Å²) in [7, 11) is 0. The van der Waals surface area contributed by atoms with E-state index in [9.17, 15) is 4.79 Å². The van der Waals surface area contributed by atoms with Crippen molar-refractivity contribution in [1.29, 1.82) is 0 Å². The minimum atomic E-state index is -0.862. The lowest BCUT2D eigenvalue weighted by molar-refractivity contribution is -0.133. The highest BCUT2D eigenvalue weighted by Gasteiger charge is 2.16. The molecule has 7 heteroatoms. The smallest absolute Gasteiger partial charge is 0.313 e. The number of hydrogen-bond donors (Lipinski definition) is 1. The summed E-state index contributed by atoms with van der Waals surface area (Å²) in [6.45, 7) is 4.69. The lowest BCUT2D eigenvalue weighted by Gasteiger charge is -2.08. The Balaban J connectivity index is 2.39. The number of carboxylic acid groups (broad SMARTS) is 1. The van der Waals surface area contributed by atoms with E-state index in [0.717, 1.165) is 21.4 Å². The molecule has 0 saturated heterocycles. The van der Waals surface area contributed by atoms with Crippen LogP contribution in [0.2, 0.25) is 0 Å². The molecule has 0 aliphatic heterocycles. The summed E-state index contributed by atoms with van der Waals surface area (Å²) < 4.78 is 2.87. The van der Waals surface area contributed by atoms with Crippen molar-refractivity contribution in [2.24, 2.45) is 0 Å². The highest BCUT2D eigenvalue weighted by molar-refractivity contribution is 9.10. The van der Waals surface area contributed by atoms with E-state index in [2.05, 4.69) is 26.1 Å². The molecule has 0 radical (unpaired) electrons. The Morgan fingerprint density at radius 3 is 2.80 bits per heavy atom. The van der Waals surface area contributed by atoms with Gasteiger partial charge in [-0.05, 0) is 31.5 Å². The molecular formula is C13H14BrN3O2S. The third kappa shape index (κ3) is 3.21. The highest BCUT2D eigenvalue weighted by atomic mass is 79.9. The number of aromatic nitrogens is 3. The van der Waals surface area contributed by atoms with Crippen LogP contribution in [0.25, 0.3) is 11.4 Å². The summed E-state index contributed by atoms with van der Waals surface area (Å²) in [6.07, 6.45) is 0. The number of hydrogen-bond acceptors (Lipinski definition) is 4. The van der Waals surface area contributed by atoms with Crippen molar-refractivity contribution in [2.45, 2.75) is 25.5 Å². The van der Waals surface area contributed by atoms with Gasteiger partial charge in [0.2, 0.25) is 0 Å². The van der Waals surface area contributed by atoms with Gasteiger partial charge in [0, 0.05) is 16.6 Å². The second-order valence-corrected chi connectivity index (χ2v) is 6.01. The van der Waals surface area contributed by atoms with Gasteiger partial charge in [-0.25, -0.2) is 0 Å². The van der Waals surface area contributed by atoms with Crippen molar-refractivity contribution in [3.05, 3.63) is 28.2 Å². The van der Waals surface area contributed by atoms with Crippen molar-refractivity contribution < 1.29 is 9.90 Å². The molecule has 0 fully saturated rings. The number of rotatable bonds is 5. The zero-order valence-electron chi connectivity index (χ0n) is 11.1. The Hall–Kier alpha value is -1.34. The van der Waals surface area contributed by atoms with E-state index in [-0.39, 0.29) is 5.75 Å². The van der Waals surface area contributed by atoms with Crippen LogP contribution < -0.4 is 0 Å². The normalized spacial score (nSPS) is 10.8. The molecule has 5 nitrogen and oxygen atoms in total. The molecule has 0 saturated carbocycles. The number of nitrogens with zero attached hydrogens (tertiary/aromatic N) is 3. The predicted octanol–water partition coefficient (Wildman–Crippen LogP) is 3.21. The van der Waals surface area contributed by atoms with Crippen LogP contribution in [0.3, 0.4) is 0 Å². The van der Waals surface area contributed by atoms with Gasteiger partial charge >= 0.3 is 5.97 Å². The molecule has 2 aromatic rings. The molecule has 1 aromatic carbocycles. The molecule has 0 unspecified atom stereocenters. The molecular weight excluding hydrogens is 342 g/mol. The largest absolute Gasteiger partial charge is 0.481 e. The van der Waals surface area contributed by atoms with Crippen molar-refractivity contribution in [3.8, 4) is 11.4 Å². The van der Waals surface area contributed by atoms with Crippen LogP contribution in [0.15, 0.2) is 27.8 Å². The van der Waals surface area contributed by atoms with Crippen LogP contribution in [0.5, 0.6) is 0 Å². The third-order valence-corrected chi connectivity index (χ3v) is 4.33. The summed E-state index contributed by atoms with van der Waals surface area (Å²) in [5.74, 6) is -0.140. The van der Waals surface area contributed by atoms with Crippen LogP contribution >= 0.6 is 27.7 Å². The fraction of sp³-hybridized carbons (Fsp3) is 0.308. The van der Waals surface area contributed by atoms with Gasteiger partial charge in [0.05, 0.1) is 5.75 Å². The van der Waals surface area contributed by atoms with Crippen LogP contribution in [0.4, 0.5) is 0 Å². The highest BCUT2D eigenvalue weighted by Crippen LogP contribution is 2.30. The molecule has 0 atom stereocenters. The zero-order valence-corrected chi connectivity index (χ0v) is 13.5. The lowest BCUT2D eigenvalue weighted by atomic mass is 10.1. The first-order chi connectivity index (χ1) is 9.52. The topological polar surface area (TPSA) is 68.0 Å². The molecule has 0 amide bonds. The minimum Gasteiger partial charge on any atom is -0.481 e. The molecule has 0 spiro atoms. The van der Waals surface area contributed by atoms with Gasteiger partial charge in [0.25, 0.3) is 0 Å². The summed E-state index contributed by atoms with van der Waals surface area (Å²) in [5.41, 5.74) is 2.11. The molecule has 0 aliphatic rings. The van der Waals surface area contributed by atoms with E-state index in [1.165, 1.54) is 11.8 Å². The van der Waals surface area contributed by atoms with Gasteiger partial charge in [-0.3, -0.25) is 4.79 Å². The van der Waals surface area contributed by atoms with E-state index in [0.29, 0.717) is 11.7 Å². The van der Waals surface area contributed by atoms with E-state index < -0.39 is 5.97 Å². The Bertz CT molecular complexity index is 643. The van der Waals surface area contributed by atoms with Crippen LogP contribution in [0, 0.1) is 6.92 Å². The van der Waals surface area contributed by atoms with E-state index in [1.54, 1.807) is 0 Å². The van der Waals surface area contributed by atoms with Gasteiger partial charge < -0.3 is 9.67 Å².